The molecule has 2 nitrogen and oxygen atoms in total. The van der Waals surface area contributed by atoms with E-state index in [1.807, 2.05) is 13.0 Å². The van der Waals surface area contributed by atoms with E-state index in [9.17, 15) is 13.2 Å². The van der Waals surface area contributed by atoms with Gasteiger partial charge in [-0.1, -0.05) is 29.8 Å². The van der Waals surface area contributed by atoms with Crippen LogP contribution in [0.3, 0.4) is 0 Å². The fourth-order valence-electron chi connectivity index (χ4n) is 2.18. The molecule has 0 aliphatic heterocycles. The second kappa shape index (κ2) is 6.05. The smallest absolute Gasteiger partial charge is 0.271 e. The number of hydrogen-bond acceptors (Lipinski definition) is 2. The van der Waals surface area contributed by atoms with Crippen molar-refractivity contribution in [3.63, 3.8) is 0 Å². The first-order valence-electron chi connectivity index (χ1n) is 6.21. The van der Waals surface area contributed by atoms with Crippen molar-refractivity contribution in [1.82, 2.24) is 5.43 Å². The Bertz CT molecular complexity index is 604. The number of benzene rings is 2. The number of hydrazine groups is 1. The second-order valence-electron chi connectivity index (χ2n) is 4.78. The van der Waals surface area contributed by atoms with Crippen molar-refractivity contribution in [2.75, 3.05) is 0 Å². The van der Waals surface area contributed by atoms with Gasteiger partial charge in [0.05, 0.1) is 11.6 Å². The quantitative estimate of drug-likeness (QED) is 0.657. The van der Waals surface area contributed by atoms with Gasteiger partial charge in [-0.25, -0.2) is 5.43 Å². The largest absolute Gasteiger partial charge is 0.416 e. The summed E-state index contributed by atoms with van der Waals surface area (Å²) in [6.45, 7) is 1.88. The van der Waals surface area contributed by atoms with E-state index in [1.165, 1.54) is 12.1 Å². The normalized spacial score (nSPS) is 13.2. The molecule has 0 saturated carbocycles. The van der Waals surface area contributed by atoms with Crippen LogP contribution in [0.25, 0.3) is 0 Å². The average molecular weight is 315 g/mol. The van der Waals surface area contributed by atoms with Crippen molar-refractivity contribution in [1.29, 1.82) is 0 Å². The van der Waals surface area contributed by atoms with E-state index in [4.69, 9.17) is 17.4 Å². The summed E-state index contributed by atoms with van der Waals surface area (Å²) in [6.07, 6.45) is -4.35. The number of hydrogen-bond donors (Lipinski definition) is 2. The molecule has 0 aromatic heterocycles. The highest BCUT2D eigenvalue weighted by Crippen LogP contribution is 2.31. The van der Waals surface area contributed by atoms with Gasteiger partial charge in [0.1, 0.15) is 0 Å². The zero-order chi connectivity index (χ0) is 15.6. The van der Waals surface area contributed by atoms with Gasteiger partial charge >= 0.3 is 6.18 Å². The molecule has 112 valence electrons. The molecule has 6 heteroatoms. The van der Waals surface area contributed by atoms with Gasteiger partial charge in [-0.2, -0.15) is 13.2 Å². The number of rotatable bonds is 3. The molecular weight excluding hydrogens is 301 g/mol. The molecule has 0 amide bonds. The van der Waals surface area contributed by atoms with Crippen LogP contribution in [0.4, 0.5) is 13.2 Å². The zero-order valence-corrected chi connectivity index (χ0v) is 12.0. The predicted molar refractivity (Wildman–Crippen MR) is 76.8 cm³/mol. The highest BCUT2D eigenvalue weighted by atomic mass is 35.5. The van der Waals surface area contributed by atoms with E-state index < -0.39 is 17.8 Å². The summed E-state index contributed by atoms with van der Waals surface area (Å²) >= 11 is 6.01. The summed E-state index contributed by atoms with van der Waals surface area (Å²) < 4.78 is 37.7. The predicted octanol–water partition coefficient (Wildman–Crippen LogP) is 4.22. The third-order valence-electron chi connectivity index (χ3n) is 3.14. The number of alkyl halides is 3. The molecule has 0 aliphatic carbocycles. The number of halogens is 4. The SMILES string of the molecule is Cc1cc(Cl)cc(C(NN)c2ccc(C(F)(F)F)cc2)c1. The van der Waals surface area contributed by atoms with E-state index in [2.05, 4.69) is 5.43 Å². The van der Waals surface area contributed by atoms with Crippen LogP contribution in [0, 0.1) is 6.92 Å². The van der Waals surface area contributed by atoms with Crippen molar-refractivity contribution >= 4 is 11.6 Å². The summed E-state index contributed by atoms with van der Waals surface area (Å²) in [7, 11) is 0. The lowest BCUT2D eigenvalue weighted by Gasteiger charge is -2.18. The van der Waals surface area contributed by atoms with Crippen LogP contribution >= 0.6 is 11.6 Å². The second-order valence-corrected chi connectivity index (χ2v) is 5.22. The Morgan fingerprint density at radius 3 is 2.14 bits per heavy atom. The lowest BCUT2D eigenvalue weighted by Crippen LogP contribution is -2.29. The van der Waals surface area contributed by atoms with E-state index in [0.29, 0.717) is 10.6 Å². The fourth-order valence-corrected chi connectivity index (χ4v) is 2.48. The van der Waals surface area contributed by atoms with Gasteiger partial charge in [-0.05, 0) is 47.9 Å². The van der Waals surface area contributed by atoms with E-state index in [1.54, 1.807) is 12.1 Å². The molecule has 0 radical (unpaired) electrons. The van der Waals surface area contributed by atoms with E-state index in [0.717, 1.165) is 23.3 Å². The minimum Gasteiger partial charge on any atom is -0.271 e. The molecule has 0 saturated heterocycles. The van der Waals surface area contributed by atoms with Crippen LogP contribution in [0.2, 0.25) is 5.02 Å². The first-order valence-corrected chi connectivity index (χ1v) is 6.59. The van der Waals surface area contributed by atoms with Gasteiger partial charge in [0.2, 0.25) is 0 Å². The van der Waals surface area contributed by atoms with E-state index in [-0.39, 0.29) is 0 Å². The maximum atomic E-state index is 12.6. The third kappa shape index (κ3) is 3.75. The molecule has 0 spiro atoms. The fraction of sp³-hybridized carbons (Fsp3) is 0.200. The van der Waals surface area contributed by atoms with E-state index >= 15 is 0 Å². The number of nitrogens with one attached hydrogen (secondary N) is 1. The maximum Gasteiger partial charge on any atom is 0.416 e. The first-order chi connectivity index (χ1) is 9.81. The summed E-state index contributed by atoms with van der Waals surface area (Å²) in [6, 6.07) is 9.88. The molecule has 1 atom stereocenters. The summed E-state index contributed by atoms with van der Waals surface area (Å²) in [4.78, 5) is 0. The molecule has 1 unspecified atom stereocenters. The minimum absolute atomic E-state index is 0.426. The number of aryl methyl sites for hydroxylation is 1. The first kappa shape index (κ1) is 15.8. The van der Waals surface area contributed by atoms with Gasteiger partial charge in [0, 0.05) is 5.02 Å². The van der Waals surface area contributed by atoms with Crippen LogP contribution in [-0.2, 0) is 6.18 Å². The van der Waals surface area contributed by atoms with Crippen molar-refractivity contribution in [3.8, 4) is 0 Å². The third-order valence-corrected chi connectivity index (χ3v) is 3.35. The Morgan fingerprint density at radius 2 is 1.67 bits per heavy atom. The van der Waals surface area contributed by atoms with Crippen molar-refractivity contribution in [3.05, 3.63) is 69.7 Å². The van der Waals surface area contributed by atoms with Crippen LogP contribution < -0.4 is 11.3 Å². The Kier molecular flexibility index (Phi) is 4.56. The monoisotopic (exact) mass is 314 g/mol. The molecule has 0 bridgehead atoms. The standard InChI is InChI=1S/C15H14ClF3N2/c1-9-6-11(8-13(16)7-9)14(21-20)10-2-4-12(5-3-10)15(17,18)19/h2-8,14,21H,20H2,1H3. The highest BCUT2D eigenvalue weighted by molar-refractivity contribution is 6.30. The van der Waals surface area contributed by atoms with Crippen molar-refractivity contribution in [2.24, 2.45) is 5.84 Å². The van der Waals surface area contributed by atoms with Crippen molar-refractivity contribution < 1.29 is 13.2 Å². The van der Waals surface area contributed by atoms with Gasteiger partial charge in [0.15, 0.2) is 0 Å². The molecule has 2 aromatic rings. The van der Waals surface area contributed by atoms with Crippen LogP contribution in [0.15, 0.2) is 42.5 Å². The topological polar surface area (TPSA) is 38.0 Å². The molecule has 0 aliphatic rings. The average Bonchev–Trinajstić information content (AvgIpc) is 2.38. The minimum atomic E-state index is -4.35. The Balaban J connectivity index is 2.37. The molecule has 2 rings (SSSR count). The van der Waals surface area contributed by atoms with Crippen LogP contribution in [0.5, 0.6) is 0 Å². The van der Waals surface area contributed by atoms with Gasteiger partial charge in [0.25, 0.3) is 0 Å². The molecule has 0 fully saturated rings. The van der Waals surface area contributed by atoms with Crippen LogP contribution in [-0.4, -0.2) is 0 Å². The van der Waals surface area contributed by atoms with Gasteiger partial charge in [-0.3, -0.25) is 5.84 Å². The lowest BCUT2D eigenvalue weighted by atomic mass is 9.97. The lowest BCUT2D eigenvalue weighted by molar-refractivity contribution is -0.137. The summed E-state index contributed by atoms with van der Waals surface area (Å²) in [5.74, 6) is 5.55. The summed E-state index contributed by atoms with van der Waals surface area (Å²) in [5.41, 5.74) is 4.29. The highest BCUT2D eigenvalue weighted by Gasteiger charge is 2.30. The Hall–Kier alpha value is -1.56. The Morgan fingerprint density at radius 1 is 1.05 bits per heavy atom. The molecule has 0 heterocycles. The molecule has 21 heavy (non-hydrogen) atoms. The van der Waals surface area contributed by atoms with Crippen LogP contribution in [0.1, 0.15) is 28.3 Å². The maximum absolute atomic E-state index is 12.6. The molecule has 2 aromatic carbocycles. The van der Waals surface area contributed by atoms with Crippen molar-refractivity contribution in [2.45, 2.75) is 19.1 Å². The van der Waals surface area contributed by atoms with Gasteiger partial charge in [-0.15, -0.1) is 0 Å². The van der Waals surface area contributed by atoms with Gasteiger partial charge < -0.3 is 0 Å². The molecule has 3 N–H and O–H groups in total. The zero-order valence-electron chi connectivity index (χ0n) is 11.2. The number of nitrogens with two attached hydrogens (primary N) is 1. The Labute approximate surface area is 125 Å². The summed E-state index contributed by atoms with van der Waals surface area (Å²) in [5, 5.41) is 0.553. The molecular formula is C15H14ClF3N2.